The van der Waals surface area contributed by atoms with Gasteiger partial charge in [-0.1, -0.05) is 48.2 Å². The molecule has 10 heteroatoms. The molecule has 0 fully saturated rings. The van der Waals surface area contributed by atoms with Gasteiger partial charge in [0.15, 0.2) is 0 Å². The van der Waals surface area contributed by atoms with E-state index in [4.69, 9.17) is 15.6 Å². The summed E-state index contributed by atoms with van der Waals surface area (Å²) >= 11 is 0.903. The number of alkyl halides is 3. The van der Waals surface area contributed by atoms with Crippen molar-refractivity contribution in [1.82, 2.24) is 0 Å². The molecule has 0 aliphatic rings. The Bertz CT molecular complexity index is 1200. The second-order valence-corrected chi connectivity index (χ2v) is 9.12. The Hall–Kier alpha value is -3.50. The van der Waals surface area contributed by atoms with E-state index in [1.165, 1.54) is 19.1 Å². The fourth-order valence-corrected chi connectivity index (χ4v) is 4.08. The predicted octanol–water partition coefficient (Wildman–Crippen LogP) is 5.57. The molecule has 0 spiro atoms. The van der Waals surface area contributed by atoms with Crippen LogP contribution in [-0.2, 0) is 22.4 Å². The van der Waals surface area contributed by atoms with Crippen molar-refractivity contribution in [2.24, 2.45) is 5.73 Å². The summed E-state index contributed by atoms with van der Waals surface area (Å²) in [6.07, 6.45) is -5.38. The fraction of sp³-hybridized carbons (Fsp3) is 0.200. The van der Waals surface area contributed by atoms with E-state index in [0.717, 1.165) is 23.4 Å². The number of halogens is 3. The van der Waals surface area contributed by atoms with Gasteiger partial charge in [-0.25, -0.2) is 0 Å². The maximum Gasteiger partial charge on any atom is 0.417 e. The van der Waals surface area contributed by atoms with Crippen LogP contribution in [0.25, 0.3) is 0 Å². The lowest BCUT2D eigenvalue weighted by molar-refractivity contribution is -0.140. The molecule has 1 amide bonds. The molecule has 35 heavy (non-hydrogen) atoms. The normalized spacial score (nSPS) is 13.1. The number of nitrogens with two attached hydrogens (primary N) is 1. The molecule has 0 unspecified atom stereocenters. The SMILES string of the molecule is C[C@](N)(CC(=O)O)C(=O)Nc1ccc(Sc2cccc(OCc3ccccc3)c2)c(C(F)(F)F)c1. The highest BCUT2D eigenvalue weighted by Gasteiger charge is 2.35. The number of rotatable bonds is 9. The van der Waals surface area contributed by atoms with Gasteiger partial charge < -0.3 is 20.9 Å². The average molecular weight is 505 g/mol. The minimum Gasteiger partial charge on any atom is -0.489 e. The second kappa shape index (κ2) is 10.8. The highest BCUT2D eigenvalue weighted by Crippen LogP contribution is 2.41. The van der Waals surface area contributed by atoms with E-state index in [2.05, 4.69) is 5.32 Å². The Morgan fingerprint density at radius 3 is 2.40 bits per heavy atom. The van der Waals surface area contributed by atoms with Crippen LogP contribution in [0.2, 0.25) is 0 Å². The Morgan fingerprint density at radius 1 is 1.03 bits per heavy atom. The summed E-state index contributed by atoms with van der Waals surface area (Å²) in [7, 11) is 0. The van der Waals surface area contributed by atoms with Crippen molar-refractivity contribution >= 4 is 29.3 Å². The lowest BCUT2D eigenvalue weighted by atomic mass is 9.98. The molecule has 3 aromatic carbocycles. The van der Waals surface area contributed by atoms with Crippen molar-refractivity contribution < 1.29 is 32.6 Å². The number of aliphatic carboxylic acids is 1. The van der Waals surface area contributed by atoms with E-state index < -0.39 is 35.6 Å². The Balaban J connectivity index is 1.78. The van der Waals surface area contributed by atoms with E-state index in [1.54, 1.807) is 24.3 Å². The quantitative estimate of drug-likeness (QED) is 0.352. The van der Waals surface area contributed by atoms with Crippen LogP contribution in [0.1, 0.15) is 24.5 Å². The molecule has 3 rings (SSSR count). The van der Waals surface area contributed by atoms with Crippen LogP contribution < -0.4 is 15.8 Å². The third kappa shape index (κ3) is 7.49. The molecule has 0 aromatic heterocycles. The van der Waals surface area contributed by atoms with Crippen molar-refractivity contribution in [2.45, 2.75) is 41.5 Å². The first-order chi connectivity index (χ1) is 16.4. The van der Waals surface area contributed by atoms with Crippen molar-refractivity contribution in [3.63, 3.8) is 0 Å². The number of hydrogen-bond donors (Lipinski definition) is 3. The highest BCUT2D eigenvalue weighted by molar-refractivity contribution is 7.99. The van der Waals surface area contributed by atoms with E-state index in [1.807, 2.05) is 30.3 Å². The summed E-state index contributed by atoms with van der Waals surface area (Å²) in [6.45, 7) is 1.51. The molecular weight excluding hydrogens is 481 g/mol. The number of hydrogen-bond acceptors (Lipinski definition) is 5. The van der Waals surface area contributed by atoms with Crippen LogP contribution in [0.5, 0.6) is 5.75 Å². The monoisotopic (exact) mass is 504 g/mol. The molecule has 0 aliphatic carbocycles. The number of carboxylic acid groups (broad SMARTS) is 1. The van der Waals surface area contributed by atoms with Crippen molar-refractivity contribution in [2.75, 3.05) is 5.32 Å². The molecule has 3 aromatic rings. The Morgan fingerprint density at radius 2 is 1.74 bits per heavy atom. The molecule has 0 saturated carbocycles. The fourth-order valence-electron chi connectivity index (χ4n) is 3.08. The average Bonchev–Trinajstić information content (AvgIpc) is 2.78. The highest BCUT2D eigenvalue weighted by atomic mass is 32.2. The largest absolute Gasteiger partial charge is 0.489 e. The molecule has 184 valence electrons. The summed E-state index contributed by atoms with van der Waals surface area (Å²) in [5, 5.41) is 11.2. The Labute approximate surface area is 204 Å². The van der Waals surface area contributed by atoms with Crippen LogP contribution >= 0.6 is 11.8 Å². The first kappa shape index (κ1) is 26.1. The smallest absolute Gasteiger partial charge is 0.417 e. The number of nitrogens with one attached hydrogen (secondary N) is 1. The van der Waals surface area contributed by atoms with E-state index in [0.29, 0.717) is 17.3 Å². The van der Waals surface area contributed by atoms with Crippen molar-refractivity contribution in [3.8, 4) is 5.75 Å². The third-order valence-electron chi connectivity index (χ3n) is 4.86. The lowest BCUT2D eigenvalue weighted by Crippen LogP contribution is -2.49. The molecule has 0 aliphatic heterocycles. The summed E-state index contributed by atoms with van der Waals surface area (Å²) in [6, 6.07) is 19.5. The van der Waals surface area contributed by atoms with Crippen LogP contribution in [0.4, 0.5) is 18.9 Å². The minimum absolute atomic E-state index is 0.0724. The maximum atomic E-state index is 13.8. The number of carboxylic acids is 1. The Kier molecular flexibility index (Phi) is 8.08. The molecule has 4 N–H and O–H groups in total. The van der Waals surface area contributed by atoms with E-state index >= 15 is 0 Å². The number of carbonyl (C=O) groups is 2. The lowest BCUT2D eigenvalue weighted by Gasteiger charge is -2.22. The van der Waals surface area contributed by atoms with Gasteiger partial charge in [0, 0.05) is 15.5 Å². The topological polar surface area (TPSA) is 102 Å². The van der Waals surface area contributed by atoms with Crippen LogP contribution in [0.15, 0.2) is 82.6 Å². The zero-order valence-electron chi connectivity index (χ0n) is 18.6. The standard InChI is InChI=1S/C25H23F3N2O4S/c1-24(29,14-22(31)32)23(33)30-17-10-11-21(20(12-17)25(26,27)28)35-19-9-5-8-18(13-19)34-15-16-6-3-2-4-7-16/h2-13H,14-15,29H2,1H3,(H,30,33)(H,31,32)/t24-/m0/s1. The van der Waals surface area contributed by atoms with Gasteiger partial charge >= 0.3 is 12.1 Å². The zero-order chi connectivity index (χ0) is 25.6. The number of benzene rings is 3. The summed E-state index contributed by atoms with van der Waals surface area (Å²) in [5.41, 5.74) is 3.78. The van der Waals surface area contributed by atoms with Gasteiger partial charge in [-0.2, -0.15) is 13.2 Å². The molecule has 6 nitrogen and oxygen atoms in total. The number of ether oxygens (including phenoxy) is 1. The second-order valence-electron chi connectivity index (χ2n) is 8.00. The zero-order valence-corrected chi connectivity index (χ0v) is 19.5. The molecule has 0 radical (unpaired) electrons. The van der Waals surface area contributed by atoms with Gasteiger partial charge in [-0.05, 0) is 48.9 Å². The minimum atomic E-state index is -4.70. The molecule has 1 atom stereocenters. The summed E-state index contributed by atoms with van der Waals surface area (Å²) in [4.78, 5) is 23.7. The first-order valence-corrected chi connectivity index (χ1v) is 11.2. The number of carbonyl (C=O) groups excluding carboxylic acids is 1. The molecule has 0 bridgehead atoms. The van der Waals surface area contributed by atoms with Gasteiger partial charge in [-0.15, -0.1) is 0 Å². The van der Waals surface area contributed by atoms with Gasteiger partial charge in [0.1, 0.15) is 17.9 Å². The van der Waals surface area contributed by atoms with Gasteiger partial charge in [0.25, 0.3) is 0 Å². The third-order valence-corrected chi connectivity index (χ3v) is 5.93. The van der Waals surface area contributed by atoms with Crippen LogP contribution in [0.3, 0.4) is 0 Å². The molecule has 0 heterocycles. The predicted molar refractivity (Wildman–Crippen MR) is 126 cm³/mol. The molecular formula is C25H23F3N2O4S. The summed E-state index contributed by atoms with van der Waals surface area (Å²) in [5.74, 6) is -1.70. The van der Waals surface area contributed by atoms with Crippen LogP contribution in [0, 0.1) is 0 Å². The van der Waals surface area contributed by atoms with Crippen molar-refractivity contribution in [3.05, 3.63) is 83.9 Å². The summed E-state index contributed by atoms with van der Waals surface area (Å²) < 4.78 is 47.2. The van der Waals surface area contributed by atoms with E-state index in [-0.39, 0.29) is 10.6 Å². The first-order valence-electron chi connectivity index (χ1n) is 10.4. The van der Waals surface area contributed by atoms with Gasteiger partial charge in [0.05, 0.1) is 12.0 Å². The maximum absolute atomic E-state index is 13.8. The van der Waals surface area contributed by atoms with Gasteiger partial charge in [0.2, 0.25) is 5.91 Å². The van der Waals surface area contributed by atoms with Gasteiger partial charge in [-0.3, -0.25) is 9.59 Å². The molecule has 0 saturated heterocycles. The number of anilines is 1. The van der Waals surface area contributed by atoms with Crippen LogP contribution in [-0.4, -0.2) is 22.5 Å². The number of amides is 1. The van der Waals surface area contributed by atoms with Crippen molar-refractivity contribution in [1.29, 1.82) is 0 Å². The van der Waals surface area contributed by atoms with E-state index in [9.17, 15) is 22.8 Å².